The molecule has 0 N–H and O–H groups in total. The molecule has 0 saturated heterocycles. The van der Waals surface area contributed by atoms with Gasteiger partial charge in [-0.2, -0.15) is 0 Å². The van der Waals surface area contributed by atoms with Gasteiger partial charge < -0.3 is 4.74 Å². The lowest BCUT2D eigenvalue weighted by Gasteiger charge is -2.39. The number of rotatable bonds is 1. The molecule has 1 aliphatic rings. The SMILES string of the molecule is CC(C)(C)OC(=O)N1CC=C1[Si](C)(C)C. The molecule has 3 nitrogen and oxygen atoms in total. The molecule has 0 aromatic carbocycles. The van der Waals surface area contributed by atoms with Gasteiger partial charge in [-0.3, -0.25) is 4.90 Å². The third-order valence-corrected chi connectivity index (χ3v) is 4.15. The fourth-order valence-electron chi connectivity index (χ4n) is 1.47. The van der Waals surface area contributed by atoms with E-state index in [1.165, 1.54) is 5.32 Å². The minimum atomic E-state index is -1.39. The van der Waals surface area contributed by atoms with E-state index in [0.29, 0.717) is 6.54 Å². The summed E-state index contributed by atoms with van der Waals surface area (Å²) in [6.07, 6.45) is 1.93. The Balaban J connectivity index is 2.63. The molecule has 0 radical (unpaired) electrons. The highest BCUT2D eigenvalue weighted by molar-refractivity contribution is 6.83. The molecule has 0 unspecified atom stereocenters. The van der Waals surface area contributed by atoms with E-state index in [2.05, 4.69) is 25.7 Å². The lowest BCUT2D eigenvalue weighted by atomic mass is 10.2. The molecule has 0 aliphatic carbocycles. The van der Waals surface area contributed by atoms with Crippen molar-refractivity contribution in [2.45, 2.75) is 46.0 Å². The molecule has 0 aromatic rings. The van der Waals surface area contributed by atoms with Crippen LogP contribution >= 0.6 is 0 Å². The van der Waals surface area contributed by atoms with Gasteiger partial charge in [-0.15, -0.1) is 0 Å². The lowest BCUT2D eigenvalue weighted by molar-refractivity contribution is 0.0313. The zero-order chi connectivity index (χ0) is 11.9. The molecule has 1 heterocycles. The molecule has 0 bridgehead atoms. The van der Waals surface area contributed by atoms with Crippen LogP contribution in [-0.2, 0) is 4.74 Å². The zero-order valence-electron chi connectivity index (χ0n) is 10.5. The molecule has 1 aliphatic heterocycles. The van der Waals surface area contributed by atoms with Crippen molar-refractivity contribution < 1.29 is 9.53 Å². The average molecular weight is 227 g/mol. The Labute approximate surface area is 93.1 Å². The Morgan fingerprint density at radius 3 is 2.20 bits per heavy atom. The molecule has 4 heteroatoms. The van der Waals surface area contributed by atoms with Gasteiger partial charge in [0.2, 0.25) is 0 Å². The second-order valence-electron chi connectivity index (χ2n) is 5.93. The van der Waals surface area contributed by atoms with Gasteiger partial charge in [0.25, 0.3) is 0 Å². The van der Waals surface area contributed by atoms with E-state index in [-0.39, 0.29) is 6.09 Å². The van der Waals surface area contributed by atoms with Crippen LogP contribution in [0.3, 0.4) is 0 Å². The maximum atomic E-state index is 11.8. The van der Waals surface area contributed by atoms with Crippen molar-refractivity contribution in [2.24, 2.45) is 0 Å². The Kier molecular flexibility index (Phi) is 3.00. The van der Waals surface area contributed by atoms with E-state index in [0.717, 1.165) is 0 Å². The van der Waals surface area contributed by atoms with Crippen molar-refractivity contribution in [1.29, 1.82) is 0 Å². The summed E-state index contributed by atoms with van der Waals surface area (Å²) in [5, 5.41) is 1.19. The normalized spacial score (nSPS) is 16.9. The van der Waals surface area contributed by atoms with Crippen LogP contribution in [0.2, 0.25) is 19.6 Å². The second kappa shape index (κ2) is 3.67. The number of nitrogens with zero attached hydrogens (tertiary/aromatic N) is 1. The summed E-state index contributed by atoms with van der Waals surface area (Å²) in [6.45, 7) is 13.1. The van der Waals surface area contributed by atoms with Gasteiger partial charge in [0, 0.05) is 11.9 Å². The first kappa shape index (κ1) is 12.3. The van der Waals surface area contributed by atoms with Gasteiger partial charge in [-0.1, -0.05) is 19.6 Å². The molecule has 1 rings (SSSR count). The minimum Gasteiger partial charge on any atom is -0.443 e. The van der Waals surface area contributed by atoms with E-state index < -0.39 is 13.7 Å². The van der Waals surface area contributed by atoms with E-state index in [9.17, 15) is 4.79 Å². The Bertz CT molecular complexity index is 297. The predicted molar refractivity (Wildman–Crippen MR) is 64.4 cm³/mol. The van der Waals surface area contributed by atoms with Crippen LogP contribution in [0.1, 0.15) is 20.8 Å². The maximum Gasteiger partial charge on any atom is 0.414 e. The largest absolute Gasteiger partial charge is 0.443 e. The van der Waals surface area contributed by atoms with Crippen molar-refractivity contribution in [3.05, 3.63) is 11.4 Å². The Morgan fingerprint density at radius 1 is 1.40 bits per heavy atom. The highest BCUT2D eigenvalue weighted by Crippen LogP contribution is 2.27. The van der Waals surface area contributed by atoms with Crippen LogP contribution in [0.5, 0.6) is 0 Å². The molecular weight excluding hydrogens is 206 g/mol. The smallest absolute Gasteiger partial charge is 0.414 e. The van der Waals surface area contributed by atoms with Gasteiger partial charge in [0.05, 0.1) is 8.07 Å². The molecule has 0 aromatic heterocycles. The fourth-order valence-corrected chi connectivity index (χ4v) is 3.17. The second-order valence-corrected chi connectivity index (χ2v) is 10.9. The predicted octanol–water partition coefficient (Wildman–Crippen LogP) is 3.00. The standard InChI is InChI=1S/C11H21NO2Si/c1-11(2,3)14-10(13)12-8-7-9(12)15(4,5)6/h7H,8H2,1-6H3. The Hall–Kier alpha value is -0.773. The van der Waals surface area contributed by atoms with Crippen LogP contribution in [0, 0.1) is 0 Å². The van der Waals surface area contributed by atoms with Crippen molar-refractivity contribution in [1.82, 2.24) is 4.90 Å². The summed E-state index contributed by atoms with van der Waals surface area (Å²) < 4.78 is 5.34. The van der Waals surface area contributed by atoms with Crippen LogP contribution in [-0.4, -0.2) is 31.2 Å². The number of ether oxygens (including phenoxy) is 1. The number of amides is 1. The first-order chi connectivity index (χ1) is 6.61. The van der Waals surface area contributed by atoms with Crippen LogP contribution in [0.4, 0.5) is 4.79 Å². The number of hydrogen-bond donors (Lipinski definition) is 0. The topological polar surface area (TPSA) is 29.5 Å². The first-order valence-electron chi connectivity index (χ1n) is 5.32. The van der Waals surface area contributed by atoms with Crippen LogP contribution in [0.25, 0.3) is 0 Å². The van der Waals surface area contributed by atoms with Gasteiger partial charge in [0.1, 0.15) is 5.60 Å². The van der Waals surface area contributed by atoms with E-state index in [1.54, 1.807) is 4.90 Å². The first-order valence-corrected chi connectivity index (χ1v) is 8.82. The summed E-state index contributed by atoms with van der Waals surface area (Å²) in [7, 11) is -1.39. The van der Waals surface area contributed by atoms with Gasteiger partial charge in [-0.25, -0.2) is 4.79 Å². The van der Waals surface area contributed by atoms with Gasteiger partial charge in [-0.05, 0) is 26.8 Å². The van der Waals surface area contributed by atoms with Gasteiger partial charge >= 0.3 is 6.09 Å². The van der Waals surface area contributed by atoms with Crippen molar-refractivity contribution >= 4 is 14.2 Å². The van der Waals surface area contributed by atoms with Crippen molar-refractivity contribution in [2.75, 3.05) is 6.54 Å². The van der Waals surface area contributed by atoms with Gasteiger partial charge in [0.15, 0.2) is 0 Å². The highest BCUT2D eigenvalue weighted by Gasteiger charge is 2.35. The molecule has 0 atom stereocenters. The summed E-state index contributed by atoms with van der Waals surface area (Å²) in [5.41, 5.74) is -0.406. The van der Waals surface area contributed by atoms with Crippen molar-refractivity contribution in [3.8, 4) is 0 Å². The monoisotopic (exact) mass is 227 g/mol. The van der Waals surface area contributed by atoms with Crippen LogP contribution < -0.4 is 0 Å². The van der Waals surface area contributed by atoms with Crippen LogP contribution in [0.15, 0.2) is 11.4 Å². The van der Waals surface area contributed by atoms with E-state index in [4.69, 9.17) is 4.74 Å². The Morgan fingerprint density at radius 2 is 1.93 bits per heavy atom. The molecular formula is C11H21NO2Si. The summed E-state index contributed by atoms with van der Waals surface area (Å²) >= 11 is 0. The summed E-state index contributed by atoms with van der Waals surface area (Å²) in [5.74, 6) is 0. The zero-order valence-corrected chi connectivity index (χ0v) is 11.5. The molecule has 0 fully saturated rings. The maximum absolute atomic E-state index is 11.8. The van der Waals surface area contributed by atoms with E-state index >= 15 is 0 Å². The van der Waals surface area contributed by atoms with Crippen molar-refractivity contribution in [3.63, 3.8) is 0 Å². The summed E-state index contributed by atoms with van der Waals surface area (Å²) in [6, 6.07) is 0. The quantitative estimate of drug-likeness (QED) is 0.644. The third kappa shape index (κ3) is 3.09. The number of carbonyl (C=O) groups excluding carboxylic acids is 1. The number of hydrogen-bond acceptors (Lipinski definition) is 2. The molecule has 0 saturated carbocycles. The summed E-state index contributed by atoms with van der Waals surface area (Å²) in [4.78, 5) is 13.5. The van der Waals surface area contributed by atoms with E-state index in [1.807, 2.05) is 20.8 Å². The molecule has 15 heavy (non-hydrogen) atoms. The third-order valence-electron chi connectivity index (χ3n) is 2.14. The molecule has 1 amide bonds. The highest BCUT2D eigenvalue weighted by atomic mass is 28.3. The minimum absolute atomic E-state index is 0.206. The fraction of sp³-hybridized carbons (Fsp3) is 0.727. The molecule has 86 valence electrons. The molecule has 0 spiro atoms. The lowest BCUT2D eigenvalue weighted by Crippen LogP contribution is -2.48. The number of carbonyl (C=O) groups is 1. The average Bonchev–Trinajstić information content (AvgIpc) is 1.72.